The summed E-state index contributed by atoms with van der Waals surface area (Å²) >= 11 is 0. The summed E-state index contributed by atoms with van der Waals surface area (Å²) < 4.78 is 38.2. The molecule has 1 rings (SSSR count). The van der Waals surface area contributed by atoms with Crippen LogP contribution < -0.4 is 5.73 Å². The Morgan fingerprint density at radius 1 is 1.31 bits per heavy atom. The third-order valence-corrected chi connectivity index (χ3v) is 2.27. The summed E-state index contributed by atoms with van der Waals surface area (Å²) in [6, 6.07) is 0. The molecule has 1 saturated heterocycles. The number of hydrogen-bond acceptors (Lipinski definition) is 2. The van der Waals surface area contributed by atoms with E-state index in [0.717, 1.165) is 0 Å². The van der Waals surface area contributed by atoms with Gasteiger partial charge < -0.3 is 5.73 Å². The van der Waals surface area contributed by atoms with Gasteiger partial charge >= 0.3 is 0 Å². The Bertz CT molecular complexity index is 155. The second-order valence-corrected chi connectivity index (χ2v) is 3.51. The van der Waals surface area contributed by atoms with E-state index in [1.165, 1.54) is 0 Å². The van der Waals surface area contributed by atoms with Crippen molar-refractivity contribution in [2.45, 2.75) is 24.9 Å². The van der Waals surface area contributed by atoms with Crippen LogP contribution >= 0.6 is 0 Å². The molecule has 2 N–H and O–H groups in total. The summed E-state index contributed by atoms with van der Waals surface area (Å²) in [5.41, 5.74) is 4.90. The van der Waals surface area contributed by atoms with Crippen molar-refractivity contribution in [2.24, 2.45) is 5.73 Å². The maximum Gasteiger partial charge on any atom is 0.272 e. The van der Waals surface area contributed by atoms with E-state index in [0.29, 0.717) is 25.9 Å². The van der Waals surface area contributed by atoms with Gasteiger partial charge in [0.15, 0.2) is 0 Å². The zero-order valence-electron chi connectivity index (χ0n) is 7.48. The van der Waals surface area contributed by atoms with Crippen molar-refractivity contribution in [2.75, 3.05) is 26.2 Å². The Morgan fingerprint density at radius 2 is 1.85 bits per heavy atom. The molecule has 0 unspecified atom stereocenters. The topological polar surface area (TPSA) is 29.3 Å². The summed E-state index contributed by atoms with van der Waals surface area (Å²) in [6.07, 6.45) is -0.0934. The van der Waals surface area contributed by atoms with E-state index >= 15 is 0 Å². The van der Waals surface area contributed by atoms with Crippen LogP contribution in [-0.2, 0) is 0 Å². The predicted octanol–water partition coefficient (Wildman–Crippen LogP) is 1.01. The second kappa shape index (κ2) is 4.28. The van der Waals surface area contributed by atoms with Gasteiger partial charge in [-0.25, -0.2) is 13.2 Å². The standard InChI is InChI=1S/C8H15F3N2/c9-7-1-3-13(4-2-7)6-8(10,11)5-12/h7H,1-6,12H2. The lowest BCUT2D eigenvalue weighted by Gasteiger charge is -2.31. The van der Waals surface area contributed by atoms with Gasteiger partial charge in [-0.15, -0.1) is 0 Å². The average Bonchev–Trinajstić information content (AvgIpc) is 2.09. The van der Waals surface area contributed by atoms with Crippen molar-refractivity contribution in [3.63, 3.8) is 0 Å². The van der Waals surface area contributed by atoms with E-state index in [9.17, 15) is 13.2 Å². The monoisotopic (exact) mass is 196 g/mol. The quantitative estimate of drug-likeness (QED) is 0.730. The van der Waals surface area contributed by atoms with Crippen LogP contribution in [0.1, 0.15) is 12.8 Å². The molecule has 1 aliphatic heterocycles. The van der Waals surface area contributed by atoms with Gasteiger partial charge in [-0.05, 0) is 12.8 Å². The van der Waals surface area contributed by atoms with E-state index in [4.69, 9.17) is 5.73 Å². The fourth-order valence-corrected chi connectivity index (χ4v) is 1.45. The lowest BCUT2D eigenvalue weighted by Crippen LogP contribution is -2.45. The molecule has 5 heteroatoms. The Kier molecular flexibility index (Phi) is 3.55. The van der Waals surface area contributed by atoms with Crippen LogP contribution in [0.15, 0.2) is 0 Å². The van der Waals surface area contributed by atoms with E-state index in [1.54, 1.807) is 4.90 Å². The number of rotatable bonds is 3. The maximum atomic E-state index is 12.8. The molecule has 0 radical (unpaired) electrons. The van der Waals surface area contributed by atoms with Crippen molar-refractivity contribution in [3.05, 3.63) is 0 Å². The first kappa shape index (κ1) is 10.8. The van der Waals surface area contributed by atoms with Gasteiger partial charge in [0.2, 0.25) is 0 Å². The van der Waals surface area contributed by atoms with Crippen molar-refractivity contribution in [3.8, 4) is 0 Å². The van der Waals surface area contributed by atoms with Crippen LogP contribution in [0.5, 0.6) is 0 Å². The third kappa shape index (κ3) is 3.52. The third-order valence-electron chi connectivity index (χ3n) is 2.27. The smallest absolute Gasteiger partial charge is 0.272 e. The number of halogens is 3. The molecule has 0 spiro atoms. The van der Waals surface area contributed by atoms with Crippen molar-refractivity contribution < 1.29 is 13.2 Å². The minimum Gasteiger partial charge on any atom is -0.325 e. The minimum atomic E-state index is -2.83. The summed E-state index contributed by atoms with van der Waals surface area (Å²) in [6.45, 7) is -0.147. The highest BCUT2D eigenvalue weighted by molar-refractivity contribution is 4.77. The van der Waals surface area contributed by atoms with Gasteiger partial charge in [-0.2, -0.15) is 0 Å². The van der Waals surface area contributed by atoms with Crippen LogP contribution in [0.25, 0.3) is 0 Å². The van der Waals surface area contributed by atoms with Crippen molar-refractivity contribution in [1.82, 2.24) is 4.90 Å². The summed E-state index contributed by atoms with van der Waals surface area (Å²) in [5, 5.41) is 0. The minimum absolute atomic E-state index is 0.337. The molecular formula is C8H15F3N2. The van der Waals surface area contributed by atoms with E-state index < -0.39 is 18.6 Å². The molecule has 1 fully saturated rings. The summed E-state index contributed by atoms with van der Waals surface area (Å²) in [7, 11) is 0. The van der Waals surface area contributed by atoms with Crippen LogP contribution in [0.3, 0.4) is 0 Å². The second-order valence-electron chi connectivity index (χ2n) is 3.51. The number of piperidine rings is 1. The van der Waals surface area contributed by atoms with E-state index in [2.05, 4.69) is 0 Å². The number of likely N-dealkylation sites (tertiary alicyclic amines) is 1. The first-order chi connectivity index (χ1) is 6.03. The van der Waals surface area contributed by atoms with E-state index in [1.807, 2.05) is 0 Å². The van der Waals surface area contributed by atoms with Crippen molar-refractivity contribution in [1.29, 1.82) is 0 Å². The molecule has 0 amide bonds. The molecule has 1 aliphatic rings. The summed E-state index contributed by atoms with van der Waals surface area (Å²) in [4.78, 5) is 1.57. The van der Waals surface area contributed by atoms with Crippen LogP contribution in [0.2, 0.25) is 0 Å². The summed E-state index contributed by atoms with van der Waals surface area (Å²) in [5.74, 6) is -2.83. The Labute approximate surface area is 75.9 Å². The van der Waals surface area contributed by atoms with Crippen LogP contribution in [0.4, 0.5) is 13.2 Å². The molecule has 0 aromatic rings. The lowest BCUT2D eigenvalue weighted by molar-refractivity contribution is -0.0320. The fourth-order valence-electron chi connectivity index (χ4n) is 1.45. The van der Waals surface area contributed by atoms with Gasteiger partial charge in [0, 0.05) is 13.1 Å². The fraction of sp³-hybridized carbons (Fsp3) is 1.00. The van der Waals surface area contributed by atoms with Gasteiger partial charge in [0.1, 0.15) is 6.17 Å². The highest BCUT2D eigenvalue weighted by Gasteiger charge is 2.31. The number of alkyl halides is 3. The normalized spacial score (nSPS) is 22.2. The number of hydrogen-bond donors (Lipinski definition) is 1. The van der Waals surface area contributed by atoms with E-state index in [-0.39, 0.29) is 6.54 Å². The maximum absolute atomic E-state index is 12.8. The van der Waals surface area contributed by atoms with Crippen LogP contribution in [-0.4, -0.2) is 43.2 Å². The zero-order chi connectivity index (χ0) is 9.90. The molecule has 13 heavy (non-hydrogen) atoms. The molecule has 0 aliphatic carbocycles. The Morgan fingerprint density at radius 3 is 2.31 bits per heavy atom. The van der Waals surface area contributed by atoms with Gasteiger partial charge in [0.05, 0.1) is 13.1 Å². The Hall–Kier alpha value is -0.290. The van der Waals surface area contributed by atoms with Gasteiger partial charge in [-0.1, -0.05) is 0 Å². The number of nitrogens with zero attached hydrogens (tertiary/aromatic N) is 1. The zero-order valence-corrected chi connectivity index (χ0v) is 7.48. The molecular weight excluding hydrogens is 181 g/mol. The lowest BCUT2D eigenvalue weighted by atomic mass is 10.1. The largest absolute Gasteiger partial charge is 0.325 e. The molecule has 0 saturated carbocycles. The van der Waals surface area contributed by atoms with Gasteiger partial charge in [0.25, 0.3) is 5.92 Å². The Balaban J connectivity index is 2.30. The predicted molar refractivity (Wildman–Crippen MR) is 44.6 cm³/mol. The molecule has 0 aromatic heterocycles. The van der Waals surface area contributed by atoms with Crippen LogP contribution in [0, 0.1) is 0 Å². The highest BCUT2D eigenvalue weighted by Crippen LogP contribution is 2.18. The first-order valence-electron chi connectivity index (χ1n) is 4.48. The molecule has 0 aromatic carbocycles. The number of nitrogens with two attached hydrogens (primary N) is 1. The van der Waals surface area contributed by atoms with Gasteiger partial charge in [-0.3, -0.25) is 4.90 Å². The SMILES string of the molecule is NCC(F)(F)CN1CCC(F)CC1. The molecule has 0 bridgehead atoms. The molecule has 1 heterocycles. The molecule has 78 valence electrons. The average molecular weight is 196 g/mol. The first-order valence-corrected chi connectivity index (χ1v) is 4.48. The highest BCUT2D eigenvalue weighted by atomic mass is 19.3. The van der Waals surface area contributed by atoms with Crippen molar-refractivity contribution >= 4 is 0 Å². The molecule has 0 atom stereocenters. The molecule has 2 nitrogen and oxygen atoms in total.